The zero-order valence-corrected chi connectivity index (χ0v) is 18.9. The van der Waals surface area contributed by atoms with Gasteiger partial charge in [0, 0.05) is 44.6 Å². The molecule has 32 heavy (non-hydrogen) atoms. The lowest BCUT2D eigenvalue weighted by molar-refractivity contribution is 0.207. The van der Waals surface area contributed by atoms with E-state index in [1.54, 1.807) is 23.9 Å². The van der Waals surface area contributed by atoms with Crippen LogP contribution in [0.25, 0.3) is 0 Å². The van der Waals surface area contributed by atoms with Gasteiger partial charge in [-0.3, -0.25) is 9.69 Å². The number of ether oxygens (including phenoxy) is 1. The summed E-state index contributed by atoms with van der Waals surface area (Å²) in [6.45, 7) is 7.42. The molecule has 7 nitrogen and oxygen atoms in total. The number of hydrogen-bond donors (Lipinski definition) is 1. The molecule has 1 aromatic carbocycles. The van der Waals surface area contributed by atoms with Crippen LogP contribution >= 0.6 is 0 Å². The summed E-state index contributed by atoms with van der Waals surface area (Å²) in [5, 5.41) is 10.9. The molecule has 1 atom stereocenters. The minimum atomic E-state index is -0.349. The molecule has 168 valence electrons. The van der Waals surface area contributed by atoms with E-state index in [1.807, 2.05) is 56.3 Å². The molecule has 1 fully saturated rings. The normalized spacial score (nSPS) is 15.5. The van der Waals surface area contributed by atoms with Gasteiger partial charge in [0.25, 0.3) is 5.56 Å². The summed E-state index contributed by atoms with van der Waals surface area (Å²) in [6, 6.07) is 15.0. The van der Waals surface area contributed by atoms with E-state index in [2.05, 4.69) is 14.8 Å². The molecule has 0 bridgehead atoms. The van der Waals surface area contributed by atoms with Gasteiger partial charge in [0.05, 0.1) is 18.7 Å². The number of aryl methyl sites for hydroxylation is 1. The molecule has 0 aliphatic carbocycles. The Labute approximate surface area is 188 Å². The predicted molar refractivity (Wildman–Crippen MR) is 126 cm³/mol. The van der Waals surface area contributed by atoms with Crippen LogP contribution in [0, 0.1) is 6.92 Å². The predicted octanol–water partition coefficient (Wildman–Crippen LogP) is 3.20. The molecule has 0 unspecified atom stereocenters. The van der Waals surface area contributed by atoms with Crippen molar-refractivity contribution in [1.82, 2.24) is 14.5 Å². The van der Waals surface area contributed by atoms with Crippen LogP contribution in [0.4, 0.5) is 5.82 Å². The number of nitrogens with zero attached hydrogens (tertiary/aromatic N) is 4. The molecule has 1 aliphatic rings. The summed E-state index contributed by atoms with van der Waals surface area (Å²) < 4.78 is 7.04. The molecular formula is C25H30N4O3. The van der Waals surface area contributed by atoms with E-state index >= 15 is 0 Å². The quantitative estimate of drug-likeness (QED) is 0.643. The highest BCUT2D eigenvalue weighted by Gasteiger charge is 2.31. The van der Waals surface area contributed by atoms with Gasteiger partial charge in [-0.25, -0.2) is 4.98 Å². The van der Waals surface area contributed by atoms with Crippen LogP contribution in [-0.2, 0) is 6.54 Å². The number of methoxy groups -OCH3 is 1. The van der Waals surface area contributed by atoms with E-state index < -0.39 is 0 Å². The van der Waals surface area contributed by atoms with Crippen LogP contribution in [0.3, 0.4) is 0 Å². The Bertz CT molecular complexity index is 1100. The van der Waals surface area contributed by atoms with Gasteiger partial charge in [0.1, 0.15) is 17.3 Å². The number of pyridine rings is 2. The van der Waals surface area contributed by atoms with Crippen LogP contribution in [0.1, 0.15) is 29.8 Å². The largest absolute Gasteiger partial charge is 0.507 e. The number of hydrogen-bond acceptors (Lipinski definition) is 6. The first kappa shape index (κ1) is 21.9. The topological polar surface area (TPSA) is 70.8 Å². The zero-order chi connectivity index (χ0) is 22.7. The van der Waals surface area contributed by atoms with E-state index in [4.69, 9.17) is 4.74 Å². The van der Waals surface area contributed by atoms with Crippen molar-refractivity contribution in [3.8, 4) is 11.5 Å². The number of aromatic nitrogens is 2. The van der Waals surface area contributed by atoms with Gasteiger partial charge in [0.15, 0.2) is 0 Å². The number of benzene rings is 1. The first-order valence-electron chi connectivity index (χ1n) is 11.0. The summed E-state index contributed by atoms with van der Waals surface area (Å²) in [5.41, 5.74) is 2.00. The Morgan fingerprint density at radius 3 is 2.41 bits per heavy atom. The summed E-state index contributed by atoms with van der Waals surface area (Å²) >= 11 is 0. The Kier molecular flexibility index (Phi) is 6.46. The SMILES string of the molecule is CCn1c(C)cc(O)c([C@H](c2ccc(OC)cc2)N2CCN(c3ccccn3)CC2)c1=O. The first-order chi connectivity index (χ1) is 15.5. The van der Waals surface area contributed by atoms with Crippen LogP contribution in [0.2, 0.25) is 0 Å². The van der Waals surface area contributed by atoms with Crippen LogP contribution in [0.5, 0.6) is 11.5 Å². The maximum atomic E-state index is 13.4. The fraction of sp³-hybridized carbons (Fsp3) is 0.360. The van der Waals surface area contributed by atoms with E-state index in [-0.39, 0.29) is 17.4 Å². The number of piperazine rings is 1. The molecule has 1 aliphatic heterocycles. The lowest BCUT2D eigenvalue weighted by Crippen LogP contribution is -2.49. The van der Waals surface area contributed by atoms with Crippen molar-refractivity contribution in [3.63, 3.8) is 0 Å². The first-order valence-corrected chi connectivity index (χ1v) is 11.0. The minimum absolute atomic E-state index is 0.0465. The highest BCUT2D eigenvalue weighted by molar-refractivity contribution is 5.43. The molecule has 3 aromatic rings. The minimum Gasteiger partial charge on any atom is -0.507 e. The van der Waals surface area contributed by atoms with Crippen molar-refractivity contribution >= 4 is 5.82 Å². The standard InChI is InChI=1S/C25H30N4O3/c1-4-29-18(2)17-21(30)23(25(29)31)24(19-8-10-20(32-3)11-9-19)28-15-13-27(14-16-28)22-7-5-6-12-26-22/h5-12,17,24,30H,4,13-16H2,1-3H3/t24-/m0/s1. The fourth-order valence-corrected chi connectivity index (χ4v) is 4.51. The average molecular weight is 435 g/mol. The van der Waals surface area contributed by atoms with Gasteiger partial charge >= 0.3 is 0 Å². The highest BCUT2D eigenvalue weighted by atomic mass is 16.5. The second-order valence-corrected chi connectivity index (χ2v) is 8.02. The van der Waals surface area contributed by atoms with Crippen LogP contribution in [-0.4, -0.2) is 52.8 Å². The molecular weight excluding hydrogens is 404 g/mol. The smallest absolute Gasteiger partial charge is 0.259 e. The van der Waals surface area contributed by atoms with E-state index in [0.717, 1.165) is 49.0 Å². The Morgan fingerprint density at radius 2 is 1.81 bits per heavy atom. The Morgan fingerprint density at radius 1 is 1.09 bits per heavy atom. The van der Waals surface area contributed by atoms with Crippen molar-refractivity contribution in [2.45, 2.75) is 26.4 Å². The molecule has 0 radical (unpaired) electrons. The molecule has 0 spiro atoms. The van der Waals surface area contributed by atoms with E-state index in [1.165, 1.54) is 0 Å². The zero-order valence-electron chi connectivity index (χ0n) is 18.9. The summed E-state index contributed by atoms with van der Waals surface area (Å²) in [7, 11) is 1.63. The van der Waals surface area contributed by atoms with Crippen molar-refractivity contribution in [1.29, 1.82) is 0 Å². The molecule has 7 heteroatoms. The van der Waals surface area contributed by atoms with Crippen LogP contribution in [0.15, 0.2) is 59.5 Å². The third-order valence-corrected chi connectivity index (χ3v) is 6.20. The van der Waals surface area contributed by atoms with Gasteiger partial charge in [-0.1, -0.05) is 18.2 Å². The molecule has 2 aromatic heterocycles. The number of anilines is 1. The van der Waals surface area contributed by atoms with Gasteiger partial charge in [-0.2, -0.15) is 0 Å². The van der Waals surface area contributed by atoms with Crippen molar-refractivity contribution < 1.29 is 9.84 Å². The molecule has 1 N–H and O–H groups in total. The second-order valence-electron chi connectivity index (χ2n) is 8.02. The lowest BCUT2D eigenvalue weighted by Gasteiger charge is -2.40. The second kappa shape index (κ2) is 9.44. The molecule has 0 amide bonds. The van der Waals surface area contributed by atoms with Crippen molar-refractivity contribution in [3.05, 3.63) is 81.9 Å². The van der Waals surface area contributed by atoms with E-state index in [0.29, 0.717) is 12.1 Å². The number of rotatable bonds is 6. The maximum Gasteiger partial charge on any atom is 0.259 e. The van der Waals surface area contributed by atoms with Gasteiger partial charge in [0.2, 0.25) is 0 Å². The van der Waals surface area contributed by atoms with Crippen molar-refractivity contribution in [2.75, 3.05) is 38.2 Å². The van der Waals surface area contributed by atoms with Crippen molar-refractivity contribution in [2.24, 2.45) is 0 Å². The summed E-state index contributed by atoms with van der Waals surface area (Å²) in [6.07, 6.45) is 1.80. The monoisotopic (exact) mass is 434 g/mol. The summed E-state index contributed by atoms with van der Waals surface area (Å²) in [5.74, 6) is 1.76. The lowest BCUT2D eigenvalue weighted by atomic mass is 9.96. The van der Waals surface area contributed by atoms with Gasteiger partial charge in [-0.05, 0) is 49.7 Å². The third kappa shape index (κ3) is 4.21. The molecule has 3 heterocycles. The molecule has 0 saturated carbocycles. The third-order valence-electron chi connectivity index (χ3n) is 6.20. The van der Waals surface area contributed by atoms with Crippen LogP contribution < -0.4 is 15.2 Å². The average Bonchev–Trinajstić information content (AvgIpc) is 2.83. The Hall–Kier alpha value is -3.32. The maximum absolute atomic E-state index is 13.4. The molecule has 4 rings (SSSR count). The van der Waals surface area contributed by atoms with E-state index in [9.17, 15) is 9.90 Å². The summed E-state index contributed by atoms with van der Waals surface area (Å²) in [4.78, 5) is 22.4. The molecule has 1 saturated heterocycles. The highest BCUT2D eigenvalue weighted by Crippen LogP contribution is 2.34. The van der Waals surface area contributed by atoms with Gasteiger partial charge < -0.3 is 19.3 Å². The van der Waals surface area contributed by atoms with Gasteiger partial charge in [-0.15, -0.1) is 0 Å². The fourth-order valence-electron chi connectivity index (χ4n) is 4.51. The number of aromatic hydroxyl groups is 1. The Balaban J connectivity index is 1.72.